The molecule has 1 nitrogen and oxygen atoms in total. The maximum absolute atomic E-state index is 5.41. The Kier molecular flexibility index (Phi) is 4.18. The highest BCUT2D eigenvalue weighted by atomic mass is 14.9. The smallest absolute Gasteiger partial charge is 0.0101 e. The van der Waals surface area contributed by atoms with Crippen LogP contribution >= 0.6 is 0 Å². The average Bonchev–Trinajstić information content (AvgIpc) is 2.37. The van der Waals surface area contributed by atoms with Crippen LogP contribution in [0, 0.1) is 41.9 Å². The van der Waals surface area contributed by atoms with Gasteiger partial charge in [-0.2, -0.15) is 0 Å². The quantitative estimate of drug-likeness (QED) is 0.564. The van der Waals surface area contributed by atoms with Crippen molar-refractivity contribution < 1.29 is 0 Å². The molecule has 1 N–H and O–H groups in total. The zero-order valence-electron chi connectivity index (χ0n) is 12.4. The summed E-state index contributed by atoms with van der Waals surface area (Å²) in [7, 11) is 0. The lowest BCUT2D eigenvalue weighted by molar-refractivity contribution is -0.0528. The average molecular weight is 259 g/mol. The van der Waals surface area contributed by atoms with Crippen LogP contribution in [0.4, 0.5) is 0 Å². The maximum Gasteiger partial charge on any atom is 0.0101 e. The van der Waals surface area contributed by atoms with Crippen LogP contribution in [0.1, 0.15) is 58.3 Å². The number of unbranched alkanes of at least 4 members (excludes halogenated alkanes) is 1. The van der Waals surface area contributed by atoms with Gasteiger partial charge >= 0.3 is 0 Å². The normalized spacial score (nSPS) is 41.2. The Morgan fingerprint density at radius 3 is 2.26 bits per heavy atom. The first-order chi connectivity index (χ1) is 9.31. The predicted octanol–water partition coefficient (Wildman–Crippen LogP) is 3.84. The lowest BCUT2D eigenvalue weighted by Gasteiger charge is -2.56. The summed E-state index contributed by atoms with van der Waals surface area (Å²) < 4.78 is 0. The van der Waals surface area contributed by atoms with Gasteiger partial charge in [-0.25, -0.2) is 0 Å². The van der Waals surface area contributed by atoms with Crippen molar-refractivity contribution >= 4 is 0 Å². The van der Waals surface area contributed by atoms with E-state index in [1.165, 1.54) is 38.5 Å². The summed E-state index contributed by atoms with van der Waals surface area (Å²) in [5.41, 5.74) is 0. The number of hydrogen-bond acceptors (Lipinski definition) is 1. The van der Waals surface area contributed by atoms with Crippen molar-refractivity contribution in [2.24, 2.45) is 29.6 Å². The van der Waals surface area contributed by atoms with Gasteiger partial charge in [-0.05, 0) is 81.1 Å². The Morgan fingerprint density at radius 1 is 1.11 bits per heavy atom. The third-order valence-electron chi connectivity index (χ3n) is 6.07. The summed E-state index contributed by atoms with van der Waals surface area (Å²) in [4.78, 5) is 0. The van der Waals surface area contributed by atoms with Gasteiger partial charge in [0.2, 0.25) is 0 Å². The molecule has 4 saturated carbocycles. The van der Waals surface area contributed by atoms with E-state index in [1.807, 2.05) is 0 Å². The molecule has 0 amide bonds. The fraction of sp³-hybridized carbons (Fsp3) is 0.889. The van der Waals surface area contributed by atoms with Crippen LogP contribution in [-0.2, 0) is 0 Å². The molecule has 1 atom stereocenters. The van der Waals surface area contributed by atoms with E-state index in [-0.39, 0.29) is 0 Å². The van der Waals surface area contributed by atoms with Crippen molar-refractivity contribution in [1.82, 2.24) is 5.32 Å². The fourth-order valence-corrected chi connectivity index (χ4v) is 5.74. The molecule has 0 aliphatic heterocycles. The van der Waals surface area contributed by atoms with Gasteiger partial charge in [-0.1, -0.05) is 6.92 Å². The molecule has 4 aliphatic carbocycles. The molecule has 4 rings (SSSR count). The summed E-state index contributed by atoms with van der Waals surface area (Å²) in [5, 5.41) is 3.80. The Bertz CT molecular complexity index is 312. The van der Waals surface area contributed by atoms with Crippen molar-refractivity contribution in [3.63, 3.8) is 0 Å². The molecule has 4 bridgehead atoms. The van der Waals surface area contributed by atoms with Crippen molar-refractivity contribution in [3.05, 3.63) is 0 Å². The molecule has 19 heavy (non-hydrogen) atoms. The molecule has 4 fully saturated rings. The third kappa shape index (κ3) is 2.70. The number of hydrogen-bond donors (Lipinski definition) is 1. The molecule has 0 saturated heterocycles. The van der Waals surface area contributed by atoms with Gasteiger partial charge < -0.3 is 5.32 Å². The Morgan fingerprint density at radius 2 is 1.74 bits per heavy atom. The van der Waals surface area contributed by atoms with Crippen LogP contribution in [0.15, 0.2) is 0 Å². The first kappa shape index (κ1) is 13.5. The van der Waals surface area contributed by atoms with Gasteiger partial charge in [-0.15, -0.1) is 12.3 Å². The van der Waals surface area contributed by atoms with Gasteiger partial charge in [0.25, 0.3) is 0 Å². The summed E-state index contributed by atoms with van der Waals surface area (Å²) in [6.07, 6.45) is 16.6. The Balaban J connectivity index is 1.66. The number of nitrogens with one attached hydrogen (secondary N) is 1. The van der Waals surface area contributed by atoms with Crippen LogP contribution in [0.25, 0.3) is 0 Å². The molecule has 1 unspecified atom stereocenters. The molecule has 0 heterocycles. The largest absolute Gasteiger partial charge is 0.314 e. The second-order valence-corrected chi connectivity index (χ2v) is 7.27. The van der Waals surface area contributed by atoms with Gasteiger partial charge in [0.15, 0.2) is 0 Å². The van der Waals surface area contributed by atoms with E-state index < -0.39 is 0 Å². The Hall–Kier alpha value is -0.480. The van der Waals surface area contributed by atoms with Gasteiger partial charge in [-0.3, -0.25) is 0 Å². The number of terminal acetylenes is 1. The minimum atomic E-state index is 0.744. The molecule has 4 aliphatic rings. The monoisotopic (exact) mass is 259 g/mol. The van der Waals surface area contributed by atoms with Crippen LogP contribution in [0.5, 0.6) is 0 Å². The van der Waals surface area contributed by atoms with E-state index in [0.29, 0.717) is 0 Å². The van der Waals surface area contributed by atoms with E-state index >= 15 is 0 Å². The molecular formula is C18H29N. The highest BCUT2D eigenvalue weighted by Gasteiger charge is 2.50. The van der Waals surface area contributed by atoms with Crippen molar-refractivity contribution in [2.45, 2.75) is 64.3 Å². The second-order valence-electron chi connectivity index (χ2n) is 7.27. The van der Waals surface area contributed by atoms with E-state index in [2.05, 4.69) is 18.2 Å². The third-order valence-corrected chi connectivity index (χ3v) is 6.07. The zero-order chi connectivity index (χ0) is 13.2. The van der Waals surface area contributed by atoms with Crippen LogP contribution in [-0.4, -0.2) is 12.6 Å². The van der Waals surface area contributed by atoms with E-state index in [4.69, 9.17) is 6.42 Å². The minimum absolute atomic E-state index is 0.744. The molecule has 0 radical (unpaired) electrons. The van der Waals surface area contributed by atoms with Gasteiger partial charge in [0.05, 0.1) is 0 Å². The molecule has 0 aromatic rings. The standard InChI is InChI=1S/C18H29N/c1-3-5-6-7-17(19-4-2)18-15-9-13-8-14(11-15)12-16(18)10-13/h1,13-19H,4-12H2,2H3. The van der Waals surface area contributed by atoms with Crippen LogP contribution in [0.2, 0.25) is 0 Å². The zero-order valence-corrected chi connectivity index (χ0v) is 12.4. The highest BCUT2D eigenvalue weighted by molar-refractivity contribution is 5.01. The summed E-state index contributed by atoms with van der Waals surface area (Å²) in [6, 6.07) is 0.744. The van der Waals surface area contributed by atoms with Crippen LogP contribution < -0.4 is 5.32 Å². The summed E-state index contributed by atoms with van der Waals surface area (Å²) in [5.74, 6) is 8.01. The SMILES string of the molecule is C#CCCCC(NCC)C1C2CC3CC(C2)CC1C3. The second kappa shape index (κ2) is 5.88. The maximum atomic E-state index is 5.41. The molecule has 0 aromatic carbocycles. The summed E-state index contributed by atoms with van der Waals surface area (Å²) >= 11 is 0. The predicted molar refractivity (Wildman–Crippen MR) is 80.7 cm³/mol. The van der Waals surface area contributed by atoms with Crippen LogP contribution in [0.3, 0.4) is 0 Å². The fourth-order valence-electron chi connectivity index (χ4n) is 5.74. The summed E-state index contributed by atoms with van der Waals surface area (Å²) in [6.45, 7) is 3.37. The number of rotatable bonds is 6. The van der Waals surface area contributed by atoms with E-state index in [9.17, 15) is 0 Å². The molecular weight excluding hydrogens is 230 g/mol. The van der Waals surface area contributed by atoms with E-state index in [0.717, 1.165) is 48.6 Å². The first-order valence-electron chi connectivity index (χ1n) is 8.48. The van der Waals surface area contributed by atoms with Gasteiger partial charge in [0, 0.05) is 12.5 Å². The lowest BCUT2D eigenvalue weighted by Crippen LogP contribution is -2.53. The molecule has 0 spiro atoms. The molecule has 0 aromatic heterocycles. The topological polar surface area (TPSA) is 12.0 Å². The van der Waals surface area contributed by atoms with Crippen molar-refractivity contribution in [1.29, 1.82) is 0 Å². The van der Waals surface area contributed by atoms with E-state index in [1.54, 1.807) is 6.42 Å². The highest BCUT2D eigenvalue weighted by Crippen LogP contribution is 2.57. The molecule has 1 heteroatoms. The Labute approximate surface area is 118 Å². The lowest BCUT2D eigenvalue weighted by atomic mass is 9.50. The molecule has 106 valence electrons. The van der Waals surface area contributed by atoms with Gasteiger partial charge in [0.1, 0.15) is 0 Å². The van der Waals surface area contributed by atoms with Crippen molar-refractivity contribution in [2.75, 3.05) is 6.54 Å². The minimum Gasteiger partial charge on any atom is -0.314 e. The van der Waals surface area contributed by atoms with Crippen molar-refractivity contribution in [3.8, 4) is 12.3 Å². The first-order valence-corrected chi connectivity index (χ1v) is 8.48.